The number of rotatable bonds is 13. The van der Waals surface area contributed by atoms with Crippen molar-refractivity contribution in [2.45, 2.75) is 59.7 Å². The minimum Gasteiger partial charge on any atom is -0.476 e. The Morgan fingerprint density at radius 3 is 2.24 bits per heavy atom. The van der Waals surface area contributed by atoms with Crippen molar-refractivity contribution in [1.29, 1.82) is 0 Å². The first kappa shape index (κ1) is 29.3. The summed E-state index contributed by atoms with van der Waals surface area (Å²) < 4.78 is 42.3. The van der Waals surface area contributed by atoms with Gasteiger partial charge in [-0.15, -0.1) is 0 Å². The molecule has 0 aliphatic carbocycles. The molecule has 0 aliphatic rings. The molecular weight excluding hydrogens is 504 g/mol. The first-order valence-electron chi connectivity index (χ1n) is 12.6. The van der Waals surface area contributed by atoms with Crippen LogP contribution >= 0.6 is 0 Å². The highest BCUT2D eigenvalue weighted by molar-refractivity contribution is 7.92. The van der Waals surface area contributed by atoms with Crippen molar-refractivity contribution >= 4 is 21.7 Å². The van der Waals surface area contributed by atoms with Gasteiger partial charge in [-0.3, -0.25) is 9.62 Å². The van der Waals surface area contributed by atoms with E-state index in [2.05, 4.69) is 21.8 Å². The van der Waals surface area contributed by atoms with Crippen molar-refractivity contribution in [2.24, 2.45) is 0 Å². The van der Waals surface area contributed by atoms with Crippen molar-refractivity contribution in [3.05, 3.63) is 82.8 Å². The van der Waals surface area contributed by atoms with E-state index in [1.54, 1.807) is 39.2 Å². The minimum absolute atomic E-state index is 0.301. The van der Waals surface area contributed by atoms with Crippen LogP contribution in [0.3, 0.4) is 0 Å². The molecule has 2 aromatic carbocycles. The van der Waals surface area contributed by atoms with Crippen LogP contribution in [-0.4, -0.2) is 44.3 Å². The number of sulfonamides is 1. The first-order chi connectivity index (χ1) is 17.9. The molecule has 1 N–H and O–H groups in total. The highest BCUT2D eigenvalue weighted by Gasteiger charge is 2.32. The molecule has 1 aromatic heterocycles. The Kier molecular flexibility index (Phi) is 9.62. The number of hydrogen-bond acceptors (Lipinski definition) is 7. The van der Waals surface area contributed by atoms with Crippen LogP contribution in [-0.2, 0) is 39.1 Å². The van der Waals surface area contributed by atoms with Gasteiger partial charge in [-0.25, -0.2) is 13.2 Å². The summed E-state index contributed by atoms with van der Waals surface area (Å²) in [5, 5.41) is 0. The maximum Gasteiger partial charge on any atom is 0.349 e. The van der Waals surface area contributed by atoms with Gasteiger partial charge in [0.1, 0.15) is 11.5 Å². The van der Waals surface area contributed by atoms with Crippen molar-refractivity contribution in [3.8, 4) is 5.75 Å². The monoisotopic (exact) mass is 542 g/mol. The number of esters is 1. The molecule has 1 heterocycles. The van der Waals surface area contributed by atoms with E-state index < -0.39 is 21.6 Å². The molecule has 9 heteroatoms. The molecule has 0 spiro atoms. The third-order valence-corrected chi connectivity index (χ3v) is 6.59. The molecule has 206 valence electrons. The lowest BCUT2D eigenvalue weighted by molar-refractivity contribution is -0.158. The Hall–Kier alpha value is -3.30. The fraction of sp³-hybridized carbons (Fsp3) is 0.414. The van der Waals surface area contributed by atoms with Crippen LogP contribution in [0, 0.1) is 13.8 Å². The highest BCUT2D eigenvalue weighted by atomic mass is 32.2. The zero-order valence-corrected chi connectivity index (χ0v) is 23.9. The molecule has 0 bridgehead atoms. The summed E-state index contributed by atoms with van der Waals surface area (Å²) in [6, 6.07) is 15.4. The highest BCUT2D eigenvalue weighted by Crippen LogP contribution is 2.30. The van der Waals surface area contributed by atoms with Crippen LogP contribution in [0.15, 0.2) is 59.2 Å². The molecule has 0 fully saturated rings. The number of benzene rings is 2. The molecule has 3 aromatic rings. The minimum atomic E-state index is -3.31. The molecule has 38 heavy (non-hydrogen) atoms. The van der Waals surface area contributed by atoms with E-state index in [0.717, 1.165) is 47.2 Å². The lowest BCUT2D eigenvalue weighted by Crippen LogP contribution is -2.40. The third-order valence-electron chi connectivity index (χ3n) is 5.98. The van der Waals surface area contributed by atoms with Gasteiger partial charge in [0.2, 0.25) is 10.0 Å². The third kappa shape index (κ3) is 8.63. The molecule has 0 radical (unpaired) electrons. The van der Waals surface area contributed by atoms with Gasteiger partial charge in [-0.2, -0.15) is 0 Å². The number of hydrogen-bond donors (Lipinski definition) is 1. The predicted octanol–water partition coefficient (Wildman–Crippen LogP) is 5.23. The summed E-state index contributed by atoms with van der Waals surface area (Å²) in [6.07, 6.45) is 3.59. The molecule has 0 aliphatic heterocycles. The largest absolute Gasteiger partial charge is 0.476 e. The van der Waals surface area contributed by atoms with Gasteiger partial charge >= 0.3 is 5.97 Å². The Labute approximate surface area is 226 Å². The van der Waals surface area contributed by atoms with Crippen LogP contribution in [0.1, 0.15) is 48.8 Å². The molecule has 0 amide bonds. The van der Waals surface area contributed by atoms with Gasteiger partial charge in [0.15, 0.2) is 5.60 Å². The quantitative estimate of drug-likeness (QED) is 0.295. The van der Waals surface area contributed by atoms with Crippen molar-refractivity contribution in [2.75, 3.05) is 24.1 Å². The standard InChI is InChI=1S/C29H38N2O6S/c1-7-35-28(32)29(4,5)37-27-21(2)17-24(18-22(27)3)19-31(20-26-9-8-16-36-26)15-14-23-10-12-25(13-11-23)30-38(6,33)34/h8-13,16-18,30H,7,14-15,19-20H2,1-6H3. The second kappa shape index (κ2) is 12.5. The fourth-order valence-electron chi connectivity index (χ4n) is 4.23. The Bertz CT molecular complexity index is 1290. The maximum absolute atomic E-state index is 12.3. The number of anilines is 1. The lowest BCUT2D eigenvalue weighted by atomic mass is 10.0. The Morgan fingerprint density at radius 2 is 1.68 bits per heavy atom. The molecule has 3 rings (SSSR count). The summed E-state index contributed by atoms with van der Waals surface area (Å²) in [7, 11) is -3.31. The number of ether oxygens (including phenoxy) is 2. The van der Waals surface area contributed by atoms with Crippen molar-refractivity contribution in [3.63, 3.8) is 0 Å². The van der Waals surface area contributed by atoms with E-state index >= 15 is 0 Å². The number of nitrogens with one attached hydrogen (secondary N) is 1. The summed E-state index contributed by atoms with van der Waals surface area (Å²) in [6.45, 7) is 11.6. The zero-order valence-electron chi connectivity index (χ0n) is 23.0. The van der Waals surface area contributed by atoms with E-state index in [1.807, 2.05) is 38.1 Å². The molecular formula is C29H38N2O6S. The zero-order chi connectivity index (χ0) is 27.9. The number of carbonyl (C=O) groups excluding carboxylic acids is 1. The summed E-state index contributed by atoms with van der Waals surface area (Å²) in [5.74, 6) is 1.17. The predicted molar refractivity (Wildman–Crippen MR) is 149 cm³/mol. The summed E-state index contributed by atoms with van der Waals surface area (Å²) in [5.41, 5.74) is 3.58. The number of aryl methyl sites for hydroxylation is 2. The van der Waals surface area contributed by atoms with Crippen LogP contribution < -0.4 is 9.46 Å². The summed E-state index contributed by atoms with van der Waals surface area (Å²) >= 11 is 0. The molecule has 8 nitrogen and oxygen atoms in total. The smallest absolute Gasteiger partial charge is 0.349 e. The average molecular weight is 543 g/mol. The van der Waals surface area contributed by atoms with E-state index in [9.17, 15) is 13.2 Å². The molecule has 0 saturated carbocycles. The Balaban J connectivity index is 1.74. The van der Waals surface area contributed by atoms with Crippen LogP contribution in [0.25, 0.3) is 0 Å². The summed E-state index contributed by atoms with van der Waals surface area (Å²) in [4.78, 5) is 14.6. The number of nitrogens with zero attached hydrogens (tertiary/aromatic N) is 1. The van der Waals surface area contributed by atoms with Gasteiger partial charge in [-0.1, -0.05) is 24.3 Å². The maximum atomic E-state index is 12.3. The van der Waals surface area contributed by atoms with Gasteiger partial charge in [0.05, 0.1) is 25.7 Å². The van der Waals surface area contributed by atoms with Crippen LogP contribution in [0.5, 0.6) is 5.75 Å². The SMILES string of the molecule is CCOC(=O)C(C)(C)Oc1c(C)cc(CN(CCc2ccc(NS(C)(=O)=O)cc2)Cc2ccco2)cc1C. The van der Waals surface area contributed by atoms with Crippen molar-refractivity contribution in [1.82, 2.24) is 4.90 Å². The Morgan fingerprint density at radius 1 is 1.03 bits per heavy atom. The number of furan rings is 1. The average Bonchev–Trinajstić information content (AvgIpc) is 3.33. The van der Waals surface area contributed by atoms with E-state index in [1.165, 1.54) is 0 Å². The van der Waals surface area contributed by atoms with E-state index in [0.29, 0.717) is 31.1 Å². The molecule has 0 saturated heterocycles. The van der Waals surface area contributed by atoms with E-state index in [-0.39, 0.29) is 0 Å². The van der Waals surface area contributed by atoms with Gasteiger partial charge in [0.25, 0.3) is 0 Å². The molecule has 0 unspecified atom stereocenters. The molecule has 0 atom stereocenters. The van der Waals surface area contributed by atoms with Gasteiger partial charge in [-0.05, 0) is 87.6 Å². The van der Waals surface area contributed by atoms with E-state index in [4.69, 9.17) is 13.9 Å². The normalized spacial score (nSPS) is 12.0. The first-order valence-corrected chi connectivity index (χ1v) is 14.5. The topological polar surface area (TPSA) is 98.1 Å². The van der Waals surface area contributed by atoms with Crippen LogP contribution in [0.2, 0.25) is 0 Å². The van der Waals surface area contributed by atoms with Gasteiger partial charge < -0.3 is 13.9 Å². The fourth-order valence-corrected chi connectivity index (χ4v) is 4.79. The van der Waals surface area contributed by atoms with Crippen molar-refractivity contribution < 1.29 is 27.1 Å². The number of carbonyl (C=O) groups is 1. The lowest BCUT2D eigenvalue weighted by Gasteiger charge is -2.27. The van der Waals surface area contributed by atoms with Gasteiger partial charge in [0, 0.05) is 18.8 Å². The second-order valence-corrected chi connectivity index (χ2v) is 11.8. The van der Waals surface area contributed by atoms with Crippen LogP contribution in [0.4, 0.5) is 5.69 Å². The second-order valence-electron chi connectivity index (χ2n) is 10.0.